The Morgan fingerprint density at radius 1 is 1.18 bits per heavy atom. The molecule has 2 amide bonds. The van der Waals surface area contributed by atoms with Gasteiger partial charge >= 0.3 is 0 Å². The first-order valence-corrected chi connectivity index (χ1v) is 5.61. The molecule has 17 heavy (non-hydrogen) atoms. The minimum absolute atomic E-state index is 0.00375. The molecule has 0 aromatic heterocycles. The fourth-order valence-electron chi connectivity index (χ4n) is 1.09. The molecule has 1 unspecified atom stereocenters. The Balaban J connectivity index is 3.74. The molecule has 0 rings (SSSR count). The monoisotopic (exact) mass is 246 g/mol. The summed E-state index contributed by atoms with van der Waals surface area (Å²) in [4.78, 5) is 22.6. The molecule has 1 atom stereocenters. The van der Waals surface area contributed by atoms with Crippen molar-refractivity contribution in [3.63, 3.8) is 0 Å². The van der Waals surface area contributed by atoms with Gasteiger partial charge in [-0.15, -0.1) is 0 Å². The summed E-state index contributed by atoms with van der Waals surface area (Å²) in [5.41, 5.74) is -0.305. The number of hydrogen-bond donors (Lipinski definition) is 4. The second kappa shape index (κ2) is 7.24. The van der Waals surface area contributed by atoms with Crippen LogP contribution in [-0.2, 0) is 9.59 Å². The average Bonchev–Trinajstić information content (AvgIpc) is 2.20. The Hall–Kier alpha value is -1.14. The first-order chi connectivity index (χ1) is 7.74. The molecule has 0 saturated heterocycles. The number of aliphatic hydroxyl groups excluding tert-OH is 2. The lowest BCUT2D eigenvalue weighted by Crippen LogP contribution is -2.41. The van der Waals surface area contributed by atoms with Gasteiger partial charge in [-0.1, -0.05) is 0 Å². The van der Waals surface area contributed by atoms with Gasteiger partial charge in [0.05, 0.1) is 12.7 Å². The summed E-state index contributed by atoms with van der Waals surface area (Å²) >= 11 is 0. The number of carbonyl (C=O) groups excluding carboxylic acids is 2. The maximum atomic E-state index is 11.4. The van der Waals surface area contributed by atoms with Gasteiger partial charge in [-0.25, -0.2) is 0 Å². The lowest BCUT2D eigenvalue weighted by Gasteiger charge is -2.20. The summed E-state index contributed by atoms with van der Waals surface area (Å²) < 4.78 is 0. The van der Waals surface area contributed by atoms with E-state index in [4.69, 9.17) is 10.2 Å². The molecule has 0 fully saturated rings. The molecule has 100 valence electrons. The van der Waals surface area contributed by atoms with Crippen LogP contribution in [0.1, 0.15) is 33.6 Å². The predicted molar refractivity (Wildman–Crippen MR) is 63.2 cm³/mol. The highest BCUT2D eigenvalue weighted by molar-refractivity contribution is 5.83. The van der Waals surface area contributed by atoms with Crippen LogP contribution in [0.5, 0.6) is 0 Å². The van der Waals surface area contributed by atoms with Gasteiger partial charge in [0, 0.05) is 24.9 Å². The van der Waals surface area contributed by atoms with Crippen LogP contribution >= 0.6 is 0 Å². The molecule has 0 heterocycles. The minimum Gasteiger partial charge on any atom is -0.394 e. The highest BCUT2D eigenvalue weighted by atomic mass is 16.3. The molecule has 0 aromatic rings. The molecular weight excluding hydrogens is 224 g/mol. The number of hydrogen-bond acceptors (Lipinski definition) is 4. The van der Waals surface area contributed by atoms with Crippen LogP contribution in [0, 0.1) is 0 Å². The Kier molecular flexibility index (Phi) is 6.75. The zero-order valence-electron chi connectivity index (χ0n) is 10.6. The van der Waals surface area contributed by atoms with Crippen molar-refractivity contribution in [3.05, 3.63) is 0 Å². The van der Waals surface area contributed by atoms with Gasteiger partial charge < -0.3 is 20.8 Å². The first-order valence-electron chi connectivity index (χ1n) is 5.61. The molecule has 0 aromatic carbocycles. The van der Waals surface area contributed by atoms with Gasteiger partial charge in [-0.3, -0.25) is 9.59 Å². The fraction of sp³-hybridized carbons (Fsp3) is 0.818. The largest absolute Gasteiger partial charge is 0.394 e. The van der Waals surface area contributed by atoms with Crippen molar-refractivity contribution < 1.29 is 19.8 Å². The van der Waals surface area contributed by atoms with Gasteiger partial charge in [0.2, 0.25) is 11.8 Å². The van der Waals surface area contributed by atoms with Crippen LogP contribution in [0.3, 0.4) is 0 Å². The van der Waals surface area contributed by atoms with E-state index in [0.29, 0.717) is 0 Å². The lowest BCUT2D eigenvalue weighted by molar-refractivity contribution is -0.127. The van der Waals surface area contributed by atoms with Crippen molar-refractivity contribution in [1.29, 1.82) is 0 Å². The molecule has 0 spiro atoms. The zero-order valence-corrected chi connectivity index (χ0v) is 10.6. The van der Waals surface area contributed by atoms with E-state index >= 15 is 0 Å². The summed E-state index contributed by atoms with van der Waals surface area (Å²) in [5.74, 6) is -0.503. The summed E-state index contributed by atoms with van der Waals surface area (Å²) in [7, 11) is 0. The van der Waals surface area contributed by atoms with Crippen molar-refractivity contribution in [3.8, 4) is 0 Å². The second-order valence-corrected chi connectivity index (χ2v) is 4.94. The number of nitrogens with one attached hydrogen (secondary N) is 2. The normalized spacial score (nSPS) is 13.0. The molecule has 0 aliphatic rings. The quantitative estimate of drug-likeness (QED) is 0.490. The molecular formula is C11H22N2O4. The zero-order chi connectivity index (χ0) is 13.5. The maximum absolute atomic E-state index is 11.4. The third-order valence-electron chi connectivity index (χ3n) is 1.84. The molecule has 6 heteroatoms. The molecule has 0 saturated carbocycles. The Morgan fingerprint density at radius 3 is 2.18 bits per heavy atom. The van der Waals surface area contributed by atoms with Gasteiger partial charge in [-0.2, -0.15) is 0 Å². The summed E-state index contributed by atoms with van der Waals surface area (Å²) in [5, 5.41) is 22.7. The van der Waals surface area contributed by atoms with Crippen molar-refractivity contribution >= 4 is 11.8 Å². The minimum atomic E-state index is -0.956. The number of carbonyl (C=O) groups is 2. The Morgan fingerprint density at radius 2 is 1.71 bits per heavy atom. The van der Waals surface area contributed by atoms with E-state index < -0.39 is 12.7 Å². The molecule has 6 nitrogen and oxygen atoms in total. The average molecular weight is 246 g/mol. The lowest BCUT2D eigenvalue weighted by atomic mass is 10.1. The summed E-state index contributed by atoms with van der Waals surface area (Å²) in [6.07, 6.45) is -0.777. The SMILES string of the molecule is CC(C)(C)NC(=O)CCC(=O)NCC(O)CO. The molecule has 0 radical (unpaired) electrons. The van der Waals surface area contributed by atoms with Crippen LogP contribution in [0.2, 0.25) is 0 Å². The van der Waals surface area contributed by atoms with Crippen LogP contribution in [-0.4, -0.2) is 46.8 Å². The van der Waals surface area contributed by atoms with E-state index in [0.717, 1.165) is 0 Å². The third-order valence-corrected chi connectivity index (χ3v) is 1.84. The van der Waals surface area contributed by atoms with E-state index in [-0.39, 0.29) is 36.7 Å². The third kappa shape index (κ3) is 9.77. The summed E-state index contributed by atoms with van der Waals surface area (Å²) in [6.45, 7) is 5.19. The second-order valence-electron chi connectivity index (χ2n) is 4.94. The van der Waals surface area contributed by atoms with Gasteiger partial charge in [0.15, 0.2) is 0 Å². The van der Waals surface area contributed by atoms with E-state index in [1.807, 2.05) is 20.8 Å². The van der Waals surface area contributed by atoms with Crippen LogP contribution in [0.15, 0.2) is 0 Å². The van der Waals surface area contributed by atoms with Gasteiger partial charge in [-0.05, 0) is 20.8 Å². The molecule has 0 bridgehead atoms. The Labute approximate surface area is 101 Å². The van der Waals surface area contributed by atoms with E-state index in [1.54, 1.807) is 0 Å². The number of rotatable bonds is 6. The van der Waals surface area contributed by atoms with Crippen LogP contribution < -0.4 is 10.6 Å². The standard InChI is InChI=1S/C11H22N2O4/c1-11(2,3)13-10(17)5-4-9(16)12-6-8(15)7-14/h8,14-15H,4-7H2,1-3H3,(H,12,16)(H,13,17). The van der Waals surface area contributed by atoms with E-state index in [9.17, 15) is 9.59 Å². The maximum Gasteiger partial charge on any atom is 0.220 e. The number of amides is 2. The van der Waals surface area contributed by atoms with Crippen LogP contribution in [0.25, 0.3) is 0 Å². The van der Waals surface area contributed by atoms with Crippen LogP contribution in [0.4, 0.5) is 0 Å². The van der Waals surface area contributed by atoms with Crippen molar-refractivity contribution in [2.75, 3.05) is 13.2 Å². The fourth-order valence-corrected chi connectivity index (χ4v) is 1.09. The van der Waals surface area contributed by atoms with Crippen molar-refractivity contribution in [2.45, 2.75) is 45.3 Å². The van der Waals surface area contributed by atoms with Gasteiger partial charge in [0.1, 0.15) is 0 Å². The summed E-state index contributed by atoms with van der Waals surface area (Å²) in [6, 6.07) is 0. The topological polar surface area (TPSA) is 98.7 Å². The highest BCUT2D eigenvalue weighted by Crippen LogP contribution is 2.00. The van der Waals surface area contributed by atoms with E-state index in [1.165, 1.54) is 0 Å². The predicted octanol–water partition coefficient (Wildman–Crippen LogP) is -0.849. The smallest absolute Gasteiger partial charge is 0.220 e. The van der Waals surface area contributed by atoms with E-state index in [2.05, 4.69) is 10.6 Å². The van der Waals surface area contributed by atoms with Gasteiger partial charge in [0.25, 0.3) is 0 Å². The van der Waals surface area contributed by atoms with Crippen molar-refractivity contribution in [1.82, 2.24) is 10.6 Å². The van der Waals surface area contributed by atoms with Crippen molar-refractivity contribution in [2.24, 2.45) is 0 Å². The Bertz CT molecular complexity index is 261. The molecule has 4 N–H and O–H groups in total. The molecule has 0 aliphatic carbocycles. The number of aliphatic hydroxyl groups is 2. The highest BCUT2D eigenvalue weighted by Gasteiger charge is 2.14. The molecule has 0 aliphatic heterocycles. The first kappa shape index (κ1) is 15.9.